The maximum atomic E-state index is 13.2. The summed E-state index contributed by atoms with van der Waals surface area (Å²) in [4.78, 5) is 16.6. The summed E-state index contributed by atoms with van der Waals surface area (Å²) < 4.78 is 13.2. The van der Waals surface area contributed by atoms with Gasteiger partial charge in [-0.1, -0.05) is 13.0 Å². The molecule has 0 bridgehead atoms. The second-order valence-corrected chi connectivity index (χ2v) is 5.35. The SMILES string of the molecule is CCc1ncc(C(=O)NCc2ccc(F)c(CO)c2)s1. The lowest BCUT2D eigenvalue weighted by molar-refractivity contribution is 0.0954. The highest BCUT2D eigenvalue weighted by Gasteiger charge is 2.10. The zero-order chi connectivity index (χ0) is 14.5. The molecule has 106 valence electrons. The van der Waals surface area contributed by atoms with E-state index < -0.39 is 5.82 Å². The number of aromatic nitrogens is 1. The van der Waals surface area contributed by atoms with Crippen LogP contribution in [0.15, 0.2) is 24.4 Å². The van der Waals surface area contributed by atoms with Gasteiger partial charge in [0, 0.05) is 12.1 Å². The number of aliphatic hydroxyl groups excluding tert-OH is 1. The van der Waals surface area contributed by atoms with Gasteiger partial charge in [-0.25, -0.2) is 9.37 Å². The lowest BCUT2D eigenvalue weighted by atomic mass is 10.1. The number of amides is 1. The fourth-order valence-corrected chi connectivity index (χ4v) is 2.48. The quantitative estimate of drug-likeness (QED) is 0.889. The number of rotatable bonds is 5. The Hall–Kier alpha value is -1.79. The first-order valence-electron chi connectivity index (χ1n) is 6.25. The molecule has 6 heteroatoms. The van der Waals surface area contributed by atoms with Crippen LogP contribution in [0.5, 0.6) is 0 Å². The Morgan fingerprint density at radius 3 is 2.95 bits per heavy atom. The van der Waals surface area contributed by atoms with Crippen LogP contribution in [-0.4, -0.2) is 16.0 Å². The molecule has 0 atom stereocenters. The van der Waals surface area contributed by atoms with Crippen LogP contribution >= 0.6 is 11.3 Å². The number of benzene rings is 1. The van der Waals surface area contributed by atoms with Gasteiger partial charge >= 0.3 is 0 Å². The minimum absolute atomic E-state index is 0.197. The Bertz CT molecular complexity index is 613. The third-order valence-electron chi connectivity index (χ3n) is 2.81. The van der Waals surface area contributed by atoms with E-state index in [9.17, 15) is 9.18 Å². The molecule has 0 aliphatic heterocycles. The molecule has 2 aromatic rings. The highest BCUT2D eigenvalue weighted by atomic mass is 32.1. The predicted octanol–water partition coefficient (Wildman–Crippen LogP) is 2.27. The minimum atomic E-state index is -0.447. The number of halogens is 1. The largest absolute Gasteiger partial charge is 0.392 e. The lowest BCUT2D eigenvalue weighted by Gasteiger charge is -2.06. The molecule has 2 rings (SSSR count). The van der Waals surface area contributed by atoms with E-state index >= 15 is 0 Å². The monoisotopic (exact) mass is 294 g/mol. The molecule has 0 unspecified atom stereocenters. The van der Waals surface area contributed by atoms with E-state index in [1.165, 1.54) is 17.4 Å². The van der Waals surface area contributed by atoms with Crippen LogP contribution in [0, 0.1) is 5.82 Å². The molecule has 0 aliphatic carbocycles. The first-order chi connectivity index (χ1) is 9.63. The van der Waals surface area contributed by atoms with Gasteiger partial charge in [0.05, 0.1) is 17.8 Å². The van der Waals surface area contributed by atoms with Crippen molar-refractivity contribution in [2.45, 2.75) is 26.5 Å². The normalized spacial score (nSPS) is 10.6. The van der Waals surface area contributed by atoms with Gasteiger partial charge in [-0.05, 0) is 24.1 Å². The summed E-state index contributed by atoms with van der Waals surface area (Å²) >= 11 is 1.36. The molecule has 1 amide bonds. The van der Waals surface area contributed by atoms with E-state index in [-0.39, 0.29) is 24.6 Å². The maximum absolute atomic E-state index is 13.2. The Labute approximate surface area is 120 Å². The van der Waals surface area contributed by atoms with Crippen molar-refractivity contribution in [1.82, 2.24) is 10.3 Å². The minimum Gasteiger partial charge on any atom is -0.392 e. The van der Waals surface area contributed by atoms with Crippen molar-refractivity contribution in [1.29, 1.82) is 0 Å². The zero-order valence-electron chi connectivity index (χ0n) is 11.0. The van der Waals surface area contributed by atoms with Crippen LogP contribution in [0.3, 0.4) is 0 Å². The standard InChI is InChI=1S/C14H15FN2O2S/c1-2-13-16-7-12(20-13)14(19)17-6-9-3-4-11(15)10(5-9)8-18/h3-5,7,18H,2,6,8H2,1H3,(H,17,19). The highest BCUT2D eigenvalue weighted by molar-refractivity contribution is 7.13. The summed E-state index contributed by atoms with van der Waals surface area (Å²) in [5, 5.41) is 12.7. The zero-order valence-corrected chi connectivity index (χ0v) is 11.8. The van der Waals surface area contributed by atoms with Crippen LogP contribution < -0.4 is 5.32 Å². The van der Waals surface area contributed by atoms with Crippen molar-refractivity contribution in [3.63, 3.8) is 0 Å². The van der Waals surface area contributed by atoms with E-state index in [2.05, 4.69) is 10.3 Å². The Balaban J connectivity index is 1.99. The lowest BCUT2D eigenvalue weighted by Crippen LogP contribution is -2.21. The molecule has 1 aromatic heterocycles. The Morgan fingerprint density at radius 1 is 1.50 bits per heavy atom. The summed E-state index contributed by atoms with van der Waals surface area (Å²) in [7, 11) is 0. The average molecular weight is 294 g/mol. The summed E-state index contributed by atoms with van der Waals surface area (Å²) in [6, 6.07) is 4.41. The molecular formula is C14H15FN2O2S. The van der Waals surface area contributed by atoms with Crippen molar-refractivity contribution < 1.29 is 14.3 Å². The summed E-state index contributed by atoms with van der Waals surface area (Å²) in [6.45, 7) is 1.91. The van der Waals surface area contributed by atoms with Crippen molar-refractivity contribution in [3.8, 4) is 0 Å². The number of carbonyl (C=O) groups is 1. The topological polar surface area (TPSA) is 62.2 Å². The van der Waals surface area contributed by atoms with E-state index in [1.54, 1.807) is 18.3 Å². The van der Waals surface area contributed by atoms with Crippen LogP contribution in [0.25, 0.3) is 0 Å². The Kier molecular flexibility index (Phi) is 4.81. The molecule has 20 heavy (non-hydrogen) atoms. The number of nitrogens with one attached hydrogen (secondary N) is 1. The highest BCUT2D eigenvalue weighted by Crippen LogP contribution is 2.14. The van der Waals surface area contributed by atoms with Crippen LogP contribution in [0.1, 0.15) is 32.7 Å². The number of nitrogens with zero attached hydrogens (tertiary/aromatic N) is 1. The summed E-state index contributed by atoms with van der Waals surface area (Å²) in [6.07, 6.45) is 2.36. The molecule has 0 aliphatic rings. The van der Waals surface area contributed by atoms with Gasteiger partial charge in [-0.2, -0.15) is 0 Å². The second kappa shape index (κ2) is 6.58. The van der Waals surface area contributed by atoms with Gasteiger partial charge in [0.2, 0.25) is 0 Å². The molecule has 0 spiro atoms. The first-order valence-corrected chi connectivity index (χ1v) is 7.06. The van der Waals surface area contributed by atoms with Gasteiger partial charge in [0.15, 0.2) is 0 Å². The number of aryl methyl sites for hydroxylation is 1. The van der Waals surface area contributed by atoms with E-state index in [4.69, 9.17) is 5.11 Å². The fourth-order valence-electron chi connectivity index (χ4n) is 1.71. The number of hydrogen-bond acceptors (Lipinski definition) is 4. The van der Waals surface area contributed by atoms with Crippen LogP contribution in [0.4, 0.5) is 4.39 Å². The van der Waals surface area contributed by atoms with Gasteiger partial charge in [0.1, 0.15) is 10.7 Å². The molecule has 0 saturated carbocycles. The second-order valence-electron chi connectivity index (χ2n) is 4.24. The van der Waals surface area contributed by atoms with Crippen LogP contribution in [0.2, 0.25) is 0 Å². The van der Waals surface area contributed by atoms with E-state index in [0.717, 1.165) is 17.0 Å². The molecule has 0 radical (unpaired) electrons. The smallest absolute Gasteiger partial charge is 0.263 e. The molecule has 0 saturated heterocycles. The Morgan fingerprint density at radius 2 is 2.30 bits per heavy atom. The van der Waals surface area contributed by atoms with E-state index in [1.807, 2.05) is 6.92 Å². The fraction of sp³-hybridized carbons (Fsp3) is 0.286. The van der Waals surface area contributed by atoms with Gasteiger partial charge in [-0.15, -0.1) is 11.3 Å². The number of carbonyl (C=O) groups excluding carboxylic acids is 1. The molecule has 4 nitrogen and oxygen atoms in total. The van der Waals surface area contributed by atoms with Gasteiger partial charge < -0.3 is 10.4 Å². The molecule has 1 heterocycles. The summed E-state index contributed by atoms with van der Waals surface area (Å²) in [5.41, 5.74) is 0.965. The van der Waals surface area contributed by atoms with Crippen molar-refractivity contribution in [3.05, 3.63) is 51.2 Å². The van der Waals surface area contributed by atoms with Crippen molar-refractivity contribution >= 4 is 17.2 Å². The first kappa shape index (κ1) is 14.6. The van der Waals surface area contributed by atoms with Crippen LogP contribution in [-0.2, 0) is 19.6 Å². The number of thiazole rings is 1. The number of aliphatic hydroxyl groups is 1. The molecular weight excluding hydrogens is 279 g/mol. The van der Waals surface area contributed by atoms with Gasteiger partial charge in [-0.3, -0.25) is 4.79 Å². The average Bonchev–Trinajstić information content (AvgIpc) is 2.95. The third-order valence-corrected chi connectivity index (χ3v) is 3.95. The molecule has 2 N–H and O–H groups in total. The number of hydrogen-bond donors (Lipinski definition) is 2. The maximum Gasteiger partial charge on any atom is 0.263 e. The van der Waals surface area contributed by atoms with E-state index in [0.29, 0.717) is 4.88 Å². The van der Waals surface area contributed by atoms with Crippen molar-refractivity contribution in [2.75, 3.05) is 0 Å². The van der Waals surface area contributed by atoms with Crippen molar-refractivity contribution in [2.24, 2.45) is 0 Å². The van der Waals surface area contributed by atoms with Gasteiger partial charge in [0.25, 0.3) is 5.91 Å². The molecule has 0 fully saturated rings. The predicted molar refractivity (Wildman–Crippen MR) is 75.0 cm³/mol. The third kappa shape index (κ3) is 3.40. The summed E-state index contributed by atoms with van der Waals surface area (Å²) in [5.74, 6) is -0.644. The molecule has 1 aromatic carbocycles.